The lowest BCUT2D eigenvalue weighted by Crippen LogP contribution is -2.53. The molecule has 0 bridgehead atoms. The standard InChI is InChI=1S/C28H22N2O5/c1-16-12-13-22-18(14-16)24(32)23-25(35-22)26(33)30(15-21(31)17-8-4-3-5-9-17)28(23)19-10-6-7-11-20(19)29(2)27(28)34/h3-14,21,31H,15H2,1-2H3. The van der Waals surface area contributed by atoms with Gasteiger partial charge in [-0.15, -0.1) is 0 Å². The second-order valence-corrected chi connectivity index (χ2v) is 9.07. The lowest BCUT2D eigenvalue weighted by Gasteiger charge is -2.35. The lowest BCUT2D eigenvalue weighted by molar-refractivity contribution is -0.126. The van der Waals surface area contributed by atoms with Crippen LogP contribution < -0.4 is 10.3 Å². The number of aliphatic hydroxyl groups is 1. The summed E-state index contributed by atoms with van der Waals surface area (Å²) in [7, 11) is 1.62. The molecular weight excluding hydrogens is 444 g/mol. The Morgan fingerprint density at radius 1 is 0.971 bits per heavy atom. The molecule has 0 saturated carbocycles. The van der Waals surface area contributed by atoms with Gasteiger partial charge in [0.1, 0.15) is 5.58 Å². The van der Waals surface area contributed by atoms with Crippen LogP contribution in [0.3, 0.4) is 0 Å². The summed E-state index contributed by atoms with van der Waals surface area (Å²) < 4.78 is 6.01. The summed E-state index contributed by atoms with van der Waals surface area (Å²) in [5.41, 5.74) is 0.691. The third-order valence-corrected chi connectivity index (χ3v) is 7.06. The summed E-state index contributed by atoms with van der Waals surface area (Å²) in [5, 5.41) is 11.4. The van der Waals surface area contributed by atoms with E-state index in [0.29, 0.717) is 22.2 Å². The van der Waals surface area contributed by atoms with E-state index in [4.69, 9.17) is 4.42 Å². The zero-order valence-corrected chi connectivity index (χ0v) is 19.2. The molecule has 4 aromatic rings. The number of rotatable bonds is 3. The molecule has 1 aromatic heterocycles. The van der Waals surface area contributed by atoms with Crippen LogP contribution in [0.2, 0.25) is 0 Å². The van der Waals surface area contributed by atoms with Gasteiger partial charge in [0.05, 0.1) is 23.6 Å². The fourth-order valence-electron chi connectivity index (χ4n) is 5.41. The molecule has 35 heavy (non-hydrogen) atoms. The van der Waals surface area contributed by atoms with Crippen LogP contribution in [0.1, 0.15) is 38.9 Å². The van der Waals surface area contributed by atoms with Crippen molar-refractivity contribution in [2.75, 3.05) is 18.5 Å². The minimum absolute atomic E-state index is 0.00246. The van der Waals surface area contributed by atoms with Crippen LogP contribution in [0.15, 0.2) is 82.0 Å². The van der Waals surface area contributed by atoms with E-state index < -0.39 is 28.9 Å². The largest absolute Gasteiger partial charge is 0.450 e. The third-order valence-electron chi connectivity index (χ3n) is 7.06. The van der Waals surface area contributed by atoms with Crippen LogP contribution in [-0.2, 0) is 10.3 Å². The Bertz CT molecular complexity index is 1590. The van der Waals surface area contributed by atoms with Gasteiger partial charge >= 0.3 is 0 Å². The molecule has 0 aliphatic carbocycles. The number of benzene rings is 3. The first-order chi connectivity index (χ1) is 16.9. The van der Waals surface area contributed by atoms with Crippen molar-refractivity contribution < 1.29 is 19.1 Å². The van der Waals surface area contributed by atoms with Crippen LogP contribution in [0.25, 0.3) is 11.0 Å². The normalized spacial score (nSPS) is 19.5. The number of β-amino-alcohol motifs (C(OH)–C–C–N with tert-alkyl or cyclic N) is 1. The van der Waals surface area contributed by atoms with Gasteiger partial charge in [0.2, 0.25) is 5.76 Å². The second-order valence-electron chi connectivity index (χ2n) is 9.07. The van der Waals surface area contributed by atoms with Crippen molar-refractivity contribution >= 4 is 28.5 Å². The SMILES string of the molecule is Cc1ccc2oc3c(c(=O)c2c1)C1(C(=O)N(C)c2ccccc21)N(CC(O)c1ccccc1)C3=O. The number of aliphatic hydroxyl groups excluding tert-OH is 1. The highest BCUT2D eigenvalue weighted by Gasteiger charge is 2.64. The van der Waals surface area contributed by atoms with E-state index in [1.165, 1.54) is 9.80 Å². The van der Waals surface area contributed by atoms with Gasteiger partial charge in [0.15, 0.2) is 11.0 Å². The zero-order valence-electron chi connectivity index (χ0n) is 19.2. The maximum absolute atomic E-state index is 14.0. The highest BCUT2D eigenvalue weighted by atomic mass is 16.3. The molecule has 7 heteroatoms. The number of amides is 2. The first-order valence-electron chi connectivity index (χ1n) is 11.4. The number of hydrogen-bond donors (Lipinski definition) is 1. The third kappa shape index (κ3) is 2.73. The van der Waals surface area contributed by atoms with Gasteiger partial charge in [-0.2, -0.15) is 0 Å². The van der Waals surface area contributed by atoms with Crippen molar-refractivity contribution in [1.29, 1.82) is 0 Å². The Morgan fingerprint density at radius 2 is 1.69 bits per heavy atom. The highest BCUT2D eigenvalue weighted by molar-refractivity contribution is 6.16. The molecule has 2 aliphatic rings. The molecule has 0 radical (unpaired) electrons. The van der Waals surface area contributed by atoms with Crippen molar-refractivity contribution in [2.24, 2.45) is 0 Å². The van der Waals surface area contributed by atoms with Gasteiger partial charge < -0.3 is 19.3 Å². The summed E-state index contributed by atoms with van der Waals surface area (Å²) in [6, 6.07) is 21.2. The van der Waals surface area contributed by atoms with Crippen molar-refractivity contribution in [3.8, 4) is 0 Å². The number of aryl methyl sites for hydroxylation is 1. The number of likely N-dealkylation sites (N-methyl/N-ethyl adjacent to an activating group) is 1. The van der Waals surface area contributed by atoms with Crippen molar-refractivity contribution in [3.05, 3.63) is 111 Å². The fraction of sp³-hybridized carbons (Fsp3) is 0.179. The average Bonchev–Trinajstić information content (AvgIpc) is 3.25. The summed E-state index contributed by atoms with van der Waals surface area (Å²) in [5.74, 6) is -1.21. The Hall–Kier alpha value is -4.23. The smallest absolute Gasteiger partial charge is 0.291 e. The minimum Gasteiger partial charge on any atom is -0.450 e. The molecule has 6 rings (SSSR count). The number of nitrogens with zero attached hydrogens (tertiary/aromatic N) is 2. The fourth-order valence-corrected chi connectivity index (χ4v) is 5.41. The van der Waals surface area contributed by atoms with Crippen LogP contribution >= 0.6 is 0 Å². The molecule has 0 saturated heterocycles. The van der Waals surface area contributed by atoms with Crippen LogP contribution in [0, 0.1) is 6.92 Å². The molecule has 2 amide bonds. The topological polar surface area (TPSA) is 91.1 Å². The Balaban J connectivity index is 1.66. The van der Waals surface area contributed by atoms with E-state index in [1.54, 1.807) is 73.8 Å². The predicted molar refractivity (Wildman–Crippen MR) is 130 cm³/mol. The molecule has 174 valence electrons. The van der Waals surface area contributed by atoms with Gasteiger partial charge in [-0.05, 0) is 30.7 Å². The lowest BCUT2D eigenvalue weighted by atomic mass is 9.83. The molecule has 0 fully saturated rings. The van der Waals surface area contributed by atoms with Gasteiger partial charge in [0, 0.05) is 18.3 Å². The van der Waals surface area contributed by atoms with Crippen LogP contribution in [-0.4, -0.2) is 35.4 Å². The second kappa shape index (κ2) is 7.38. The van der Waals surface area contributed by atoms with E-state index in [2.05, 4.69) is 0 Å². The van der Waals surface area contributed by atoms with E-state index in [1.807, 2.05) is 13.0 Å². The van der Waals surface area contributed by atoms with Crippen molar-refractivity contribution in [3.63, 3.8) is 0 Å². The molecule has 3 aromatic carbocycles. The Morgan fingerprint density at radius 3 is 2.46 bits per heavy atom. The van der Waals surface area contributed by atoms with E-state index in [-0.39, 0.29) is 23.5 Å². The number of fused-ring (bicyclic) bond motifs is 5. The van der Waals surface area contributed by atoms with E-state index >= 15 is 0 Å². The monoisotopic (exact) mass is 466 g/mol. The van der Waals surface area contributed by atoms with Crippen molar-refractivity contribution in [1.82, 2.24) is 4.90 Å². The van der Waals surface area contributed by atoms with Crippen molar-refractivity contribution in [2.45, 2.75) is 18.6 Å². The maximum atomic E-state index is 14.0. The highest BCUT2D eigenvalue weighted by Crippen LogP contribution is 2.52. The number of anilines is 1. The first-order valence-corrected chi connectivity index (χ1v) is 11.4. The Labute approximate surface area is 200 Å². The predicted octanol–water partition coefficient (Wildman–Crippen LogP) is 3.51. The van der Waals surface area contributed by atoms with Crippen LogP contribution in [0.5, 0.6) is 0 Å². The van der Waals surface area contributed by atoms with Crippen LogP contribution in [0.4, 0.5) is 5.69 Å². The summed E-state index contributed by atoms with van der Waals surface area (Å²) in [6.45, 7) is 1.66. The zero-order chi connectivity index (χ0) is 24.5. The molecule has 7 nitrogen and oxygen atoms in total. The molecular formula is C28H22N2O5. The van der Waals surface area contributed by atoms with Gasteiger partial charge in [-0.25, -0.2) is 0 Å². The molecule has 2 aliphatic heterocycles. The van der Waals surface area contributed by atoms with E-state index in [9.17, 15) is 19.5 Å². The average molecular weight is 466 g/mol. The number of carbonyl (C=O) groups is 2. The summed E-state index contributed by atoms with van der Waals surface area (Å²) in [4.78, 5) is 44.6. The molecule has 2 atom stereocenters. The van der Waals surface area contributed by atoms with Gasteiger partial charge in [0.25, 0.3) is 11.8 Å². The maximum Gasteiger partial charge on any atom is 0.291 e. The quantitative estimate of drug-likeness (QED) is 0.499. The van der Waals surface area contributed by atoms with Gasteiger partial charge in [-0.1, -0.05) is 60.2 Å². The minimum atomic E-state index is -1.73. The molecule has 2 unspecified atom stereocenters. The first kappa shape index (κ1) is 21.3. The number of carbonyl (C=O) groups excluding carboxylic acids is 2. The van der Waals surface area contributed by atoms with E-state index in [0.717, 1.165) is 5.56 Å². The van der Waals surface area contributed by atoms with Gasteiger partial charge in [-0.3, -0.25) is 14.4 Å². The summed E-state index contributed by atoms with van der Waals surface area (Å²) in [6.07, 6.45) is -1.08. The summed E-state index contributed by atoms with van der Waals surface area (Å²) >= 11 is 0. The number of para-hydroxylation sites is 1. The molecule has 3 heterocycles. The number of hydrogen-bond acceptors (Lipinski definition) is 5. The Kier molecular flexibility index (Phi) is 4.50. The molecule has 1 N–H and O–H groups in total. The molecule has 1 spiro atoms.